The zero-order valence-electron chi connectivity index (χ0n) is 7.37. The van der Waals surface area contributed by atoms with Gasteiger partial charge in [-0.05, 0) is 32.3 Å². The zero-order valence-corrected chi connectivity index (χ0v) is 10.3. The van der Waals surface area contributed by atoms with E-state index in [-0.39, 0.29) is 0 Å². The van der Waals surface area contributed by atoms with Crippen LogP contribution in [0.25, 0.3) is 0 Å². The first-order valence-electron chi connectivity index (χ1n) is 4.25. The molecule has 1 aliphatic rings. The van der Waals surface area contributed by atoms with Crippen molar-refractivity contribution in [3.8, 4) is 0 Å². The predicted molar refractivity (Wildman–Crippen MR) is 65.3 cm³/mol. The Hall–Kier alpha value is 0.260. The molecule has 0 aromatic heterocycles. The van der Waals surface area contributed by atoms with Crippen LogP contribution in [0.5, 0.6) is 0 Å². The third-order valence-corrected chi connectivity index (χ3v) is 4.91. The van der Waals surface area contributed by atoms with Crippen molar-refractivity contribution >= 4 is 30.1 Å². The average Bonchev–Trinajstić information content (AvgIpc) is 2.55. The van der Waals surface area contributed by atoms with E-state index in [1.807, 2.05) is 8.93 Å². The molecule has 2 atom stereocenters. The van der Waals surface area contributed by atoms with Gasteiger partial charge >= 0.3 is 0 Å². The first-order chi connectivity index (χ1) is 6.36. The molecule has 0 fully saturated rings. The third-order valence-electron chi connectivity index (χ3n) is 2.52. The lowest BCUT2D eigenvalue weighted by Crippen LogP contribution is -2.12. The minimum absolute atomic E-state index is 0.360. The van der Waals surface area contributed by atoms with E-state index in [9.17, 15) is 0 Å². The standard InChI is InChI=1S/C10H11IOS/c1-12-9-6-7-4-2-3-5-8(7)10(9)13-11/h2-5,9-10H,6H2,1H3. The molecule has 13 heavy (non-hydrogen) atoms. The Bertz CT molecular complexity index is 303. The fourth-order valence-electron chi connectivity index (χ4n) is 1.83. The van der Waals surface area contributed by atoms with E-state index in [4.69, 9.17) is 4.74 Å². The van der Waals surface area contributed by atoms with Gasteiger partial charge in [-0.15, -0.1) is 0 Å². The molecule has 2 rings (SSSR count). The number of hydrogen-bond donors (Lipinski definition) is 0. The monoisotopic (exact) mass is 306 g/mol. The fraction of sp³-hybridized carbons (Fsp3) is 0.400. The maximum atomic E-state index is 5.47. The van der Waals surface area contributed by atoms with E-state index < -0.39 is 0 Å². The van der Waals surface area contributed by atoms with Crippen molar-refractivity contribution in [3.63, 3.8) is 0 Å². The Morgan fingerprint density at radius 3 is 2.92 bits per heavy atom. The molecule has 0 heterocycles. The van der Waals surface area contributed by atoms with Gasteiger partial charge in [-0.25, -0.2) is 0 Å². The largest absolute Gasteiger partial charge is 0.380 e. The topological polar surface area (TPSA) is 9.23 Å². The molecule has 0 spiro atoms. The van der Waals surface area contributed by atoms with Crippen LogP contribution in [0.1, 0.15) is 16.4 Å². The van der Waals surface area contributed by atoms with Crippen LogP contribution in [0.3, 0.4) is 0 Å². The molecule has 0 bridgehead atoms. The minimum atomic E-state index is 0.360. The molecule has 2 unspecified atom stereocenters. The summed E-state index contributed by atoms with van der Waals surface area (Å²) in [7, 11) is 3.65. The van der Waals surface area contributed by atoms with Crippen molar-refractivity contribution in [2.45, 2.75) is 17.8 Å². The average molecular weight is 306 g/mol. The number of rotatable bonds is 2. The van der Waals surface area contributed by atoms with Crippen molar-refractivity contribution in [1.29, 1.82) is 0 Å². The SMILES string of the molecule is COC1Cc2ccccc2C1SI. The van der Waals surface area contributed by atoms with Gasteiger partial charge in [0.2, 0.25) is 0 Å². The predicted octanol–water partition coefficient (Wildman–Crippen LogP) is 3.38. The molecule has 0 radical (unpaired) electrons. The summed E-state index contributed by atoms with van der Waals surface area (Å²) in [5.74, 6) is 0. The van der Waals surface area contributed by atoms with Gasteiger partial charge in [0.1, 0.15) is 0 Å². The molecule has 70 valence electrons. The molecule has 1 aromatic rings. The summed E-state index contributed by atoms with van der Waals surface area (Å²) in [6, 6.07) is 8.63. The molecule has 1 aliphatic carbocycles. The highest BCUT2D eigenvalue weighted by atomic mass is 127. The van der Waals surface area contributed by atoms with Crippen molar-refractivity contribution in [2.75, 3.05) is 7.11 Å². The Morgan fingerprint density at radius 1 is 1.46 bits per heavy atom. The van der Waals surface area contributed by atoms with Crippen LogP contribution >= 0.6 is 30.1 Å². The van der Waals surface area contributed by atoms with E-state index >= 15 is 0 Å². The second-order valence-corrected chi connectivity index (χ2v) is 5.40. The maximum absolute atomic E-state index is 5.47. The van der Waals surface area contributed by atoms with Crippen LogP contribution in [0.15, 0.2) is 24.3 Å². The fourth-order valence-corrected chi connectivity index (χ4v) is 4.29. The summed E-state index contributed by atoms with van der Waals surface area (Å²) in [6.45, 7) is 0. The van der Waals surface area contributed by atoms with Crippen LogP contribution in [0, 0.1) is 0 Å². The van der Waals surface area contributed by atoms with Crippen LogP contribution < -0.4 is 0 Å². The third kappa shape index (κ3) is 1.74. The Labute approximate surface area is 94.8 Å². The second kappa shape index (κ2) is 4.19. The quantitative estimate of drug-likeness (QED) is 0.775. The van der Waals surface area contributed by atoms with Crippen molar-refractivity contribution in [1.82, 2.24) is 0 Å². The number of methoxy groups -OCH3 is 1. The molecule has 3 heteroatoms. The highest BCUT2D eigenvalue weighted by Gasteiger charge is 2.31. The number of fused-ring (bicyclic) bond motifs is 1. The molecule has 0 amide bonds. The Balaban J connectivity index is 2.34. The Morgan fingerprint density at radius 2 is 2.23 bits per heavy atom. The van der Waals surface area contributed by atoms with E-state index in [2.05, 4.69) is 45.5 Å². The number of halogens is 1. The van der Waals surface area contributed by atoms with Crippen LogP contribution in [0.4, 0.5) is 0 Å². The molecule has 0 saturated heterocycles. The molecular formula is C10H11IOS. The lowest BCUT2D eigenvalue weighted by atomic mass is 10.1. The normalized spacial score (nSPS) is 26.0. The van der Waals surface area contributed by atoms with Gasteiger partial charge in [-0.2, -0.15) is 0 Å². The van der Waals surface area contributed by atoms with Gasteiger partial charge in [0.05, 0.1) is 11.4 Å². The highest BCUT2D eigenvalue weighted by molar-refractivity contribution is 14.2. The minimum Gasteiger partial charge on any atom is -0.380 e. The van der Waals surface area contributed by atoms with Gasteiger partial charge in [-0.3, -0.25) is 0 Å². The Kier molecular flexibility index (Phi) is 3.16. The van der Waals surface area contributed by atoms with E-state index in [0.29, 0.717) is 11.4 Å². The van der Waals surface area contributed by atoms with Gasteiger partial charge in [0.25, 0.3) is 0 Å². The summed E-state index contributed by atoms with van der Waals surface area (Å²) in [5.41, 5.74) is 2.90. The van der Waals surface area contributed by atoms with Crippen molar-refractivity contribution < 1.29 is 4.74 Å². The molecule has 1 aromatic carbocycles. The van der Waals surface area contributed by atoms with Gasteiger partial charge in [0.15, 0.2) is 0 Å². The molecule has 0 aliphatic heterocycles. The second-order valence-electron chi connectivity index (χ2n) is 3.19. The summed E-state index contributed by atoms with van der Waals surface area (Å²) in [4.78, 5) is 0. The van der Waals surface area contributed by atoms with Crippen molar-refractivity contribution in [2.24, 2.45) is 0 Å². The highest BCUT2D eigenvalue weighted by Crippen LogP contribution is 2.45. The molecule has 1 nitrogen and oxygen atoms in total. The van der Waals surface area contributed by atoms with Gasteiger partial charge in [0, 0.05) is 13.5 Å². The van der Waals surface area contributed by atoms with Crippen molar-refractivity contribution in [3.05, 3.63) is 35.4 Å². The smallest absolute Gasteiger partial charge is 0.0778 e. The maximum Gasteiger partial charge on any atom is 0.0778 e. The summed E-state index contributed by atoms with van der Waals surface area (Å²) >= 11 is 2.36. The lowest BCUT2D eigenvalue weighted by molar-refractivity contribution is 0.110. The summed E-state index contributed by atoms with van der Waals surface area (Å²) in [6.07, 6.45) is 1.42. The van der Waals surface area contributed by atoms with Crippen LogP contribution in [-0.4, -0.2) is 13.2 Å². The first kappa shape index (κ1) is 9.80. The van der Waals surface area contributed by atoms with E-state index in [1.54, 1.807) is 7.11 Å². The van der Waals surface area contributed by atoms with Crippen LogP contribution in [-0.2, 0) is 11.2 Å². The van der Waals surface area contributed by atoms with Gasteiger partial charge < -0.3 is 4.74 Å². The first-order valence-corrected chi connectivity index (χ1v) is 7.67. The zero-order chi connectivity index (χ0) is 9.26. The molecule has 0 saturated carbocycles. The number of ether oxygens (including phenoxy) is 1. The van der Waals surface area contributed by atoms with Crippen LogP contribution in [0.2, 0.25) is 0 Å². The van der Waals surface area contributed by atoms with E-state index in [0.717, 1.165) is 6.42 Å². The molecule has 0 N–H and O–H groups in total. The lowest BCUT2D eigenvalue weighted by Gasteiger charge is -2.14. The summed E-state index contributed by atoms with van der Waals surface area (Å²) in [5, 5.41) is 0.516. The molecular weight excluding hydrogens is 295 g/mol. The van der Waals surface area contributed by atoms with Gasteiger partial charge in [-0.1, -0.05) is 33.2 Å². The number of hydrogen-bond acceptors (Lipinski definition) is 2. The number of benzene rings is 1. The van der Waals surface area contributed by atoms with E-state index in [1.165, 1.54) is 11.1 Å². The summed E-state index contributed by atoms with van der Waals surface area (Å²) < 4.78 is 5.47.